The van der Waals surface area contributed by atoms with Crippen molar-refractivity contribution in [2.45, 2.75) is 51.6 Å². The highest BCUT2D eigenvalue weighted by Crippen LogP contribution is 2.18. The Morgan fingerprint density at radius 3 is 2.88 bits per heavy atom. The molecule has 2 rings (SSSR count). The summed E-state index contributed by atoms with van der Waals surface area (Å²) < 4.78 is 0. The molecule has 17 heavy (non-hydrogen) atoms. The van der Waals surface area contributed by atoms with Crippen molar-refractivity contribution in [1.82, 2.24) is 15.5 Å². The maximum absolute atomic E-state index is 3.80. The summed E-state index contributed by atoms with van der Waals surface area (Å²) in [5.74, 6) is 0.883. The Morgan fingerprint density at radius 2 is 2.12 bits per heavy atom. The van der Waals surface area contributed by atoms with Gasteiger partial charge in [-0.15, -0.1) is 0 Å². The minimum Gasteiger partial charge on any atom is -0.317 e. The molecule has 2 heterocycles. The highest BCUT2D eigenvalue weighted by Gasteiger charge is 2.24. The molecule has 2 aliphatic heterocycles. The zero-order valence-electron chi connectivity index (χ0n) is 11.5. The van der Waals surface area contributed by atoms with Crippen LogP contribution in [-0.2, 0) is 0 Å². The van der Waals surface area contributed by atoms with Gasteiger partial charge in [0.1, 0.15) is 0 Å². The maximum atomic E-state index is 3.80. The van der Waals surface area contributed by atoms with Crippen molar-refractivity contribution >= 4 is 0 Å². The first-order valence-corrected chi connectivity index (χ1v) is 7.44. The fourth-order valence-corrected chi connectivity index (χ4v) is 3.05. The van der Waals surface area contributed by atoms with Gasteiger partial charge in [-0.25, -0.2) is 0 Å². The molecule has 2 unspecified atom stereocenters. The average Bonchev–Trinajstić information content (AvgIpc) is 2.63. The minimum atomic E-state index is 0.724. The van der Waals surface area contributed by atoms with Crippen LogP contribution >= 0.6 is 0 Å². The molecule has 0 aliphatic carbocycles. The summed E-state index contributed by atoms with van der Waals surface area (Å²) in [6.45, 7) is 10.9. The number of nitrogens with one attached hydrogen (secondary N) is 2. The van der Waals surface area contributed by atoms with E-state index in [2.05, 4.69) is 29.4 Å². The molecule has 2 saturated heterocycles. The molecule has 2 aliphatic rings. The molecule has 2 N–H and O–H groups in total. The third-order valence-electron chi connectivity index (χ3n) is 4.32. The second kappa shape index (κ2) is 6.72. The van der Waals surface area contributed by atoms with Crippen LogP contribution < -0.4 is 10.6 Å². The van der Waals surface area contributed by atoms with Crippen LogP contribution in [0.1, 0.15) is 39.5 Å². The average molecular weight is 239 g/mol. The Bertz CT molecular complexity index is 210. The van der Waals surface area contributed by atoms with Gasteiger partial charge in [-0.2, -0.15) is 0 Å². The molecule has 0 aromatic rings. The maximum Gasteiger partial charge on any atom is 0.00797 e. The van der Waals surface area contributed by atoms with Gasteiger partial charge in [0.25, 0.3) is 0 Å². The van der Waals surface area contributed by atoms with E-state index in [1.165, 1.54) is 58.4 Å². The largest absolute Gasteiger partial charge is 0.317 e. The lowest BCUT2D eigenvalue weighted by atomic mass is 10.1. The van der Waals surface area contributed by atoms with Crippen LogP contribution in [0.25, 0.3) is 0 Å². The first kappa shape index (κ1) is 13.3. The standard InChI is InChI=1S/C14H29N3/c1-12(2)17-9-6-13(11-17)10-16-14-4-3-7-15-8-5-14/h12-16H,3-11H2,1-2H3. The Morgan fingerprint density at radius 1 is 1.24 bits per heavy atom. The normalized spacial score (nSPS) is 31.9. The lowest BCUT2D eigenvalue weighted by molar-refractivity contribution is 0.262. The highest BCUT2D eigenvalue weighted by atomic mass is 15.2. The van der Waals surface area contributed by atoms with Crippen molar-refractivity contribution in [3.63, 3.8) is 0 Å². The fraction of sp³-hybridized carbons (Fsp3) is 1.00. The van der Waals surface area contributed by atoms with Crippen LogP contribution in [0, 0.1) is 5.92 Å². The molecule has 3 nitrogen and oxygen atoms in total. The van der Waals surface area contributed by atoms with E-state index in [9.17, 15) is 0 Å². The molecule has 2 fully saturated rings. The molecule has 0 aromatic carbocycles. The van der Waals surface area contributed by atoms with Crippen LogP contribution in [0.4, 0.5) is 0 Å². The number of nitrogens with zero attached hydrogens (tertiary/aromatic N) is 1. The second-order valence-electron chi connectivity index (χ2n) is 6.03. The quantitative estimate of drug-likeness (QED) is 0.777. The van der Waals surface area contributed by atoms with Crippen LogP contribution in [-0.4, -0.2) is 49.7 Å². The molecule has 0 aromatic heterocycles. The van der Waals surface area contributed by atoms with E-state index < -0.39 is 0 Å². The molecule has 100 valence electrons. The van der Waals surface area contributed by atoms with Crippen molar-refractivity contribution in [2.24, 2.45) is 5.92 Å². The van der Waals surface area contributed by atoms with Crippen molar-refractivity contribution in [3.8, 4) is 0 Å². The van der Waals surface area contributed by atoms with Gasteiger partial charge >= 0.3 is 0 Å². The summed E-state index contributed by atoms with van der Waals surface area (Å²) in [5, 5.41) is 7.28. The topological polar surface area (TPSA) is 27.3 Å². The van der Waals surface area contributed by atoms with Gasteiger partial charge in [0.05, 0.1) is 0 Å². The molecular formula is C14H29N3. The second-order valence-corrected chi connectivity index (χ2v) is 6.03. The molecule has 3 heteroatoms. The van der Waals surface area contributed by atoms with Crippen molar-refractivity contribution < 1.29 is 0 Å². The summed E-state index contributed by atoms with van der Waals surface area (Å²) in [6, 6.07) is 1.49. The molecule has 2 atom stereocenters. The molecule has 0 radical (unpaired) electrons. The third-order valence-corrected chi connectivity index (χ3v) is 4.32. The van der Waals surface area contributed by atoms with E-state index in [4.69, 9.17) is 0 Å². The monoisotopic (exact) mass is 239 g/mol. The number of likely N-dealkylation sites (tertiary alicyclic amines) is 1. The summed E-state index contributed by atoms with van der Waals surface area (Å²) in [6.07, 6.45) is 5.38. The van der Waals surface area contributed by atoms with Gasteiger partial charge in [0.2, 0.25) is 0 Å². The summed E-state index contributed by atoms with van der Waals surface area (Å²) >= 11 is 0. The Balaban J connectivity index is 1.64. The lowest BCUT2D eigenvalue weighted by Gasteiger charge is -2.22. The van der Waals surface area contributed by atoms with E-state index in [1.54, 1.807) is 0 Å². The number of hydrogen-bond donors (Lipinski definition) is 2. The zero-order valence-corrected chi connectivity index (χ0v) is 11.5. The van der Waals surface area contributed by atoms with Gasteiger partial charge < -0.3 is 15.5 Å². The fourth-order valence-electron chi connectivity index (χ4n) is 3.05. The number of rotatable bonds is 4. The predicted octanol–water partition coefficient (Wildman–Crippen LogP) is 1.45. The molecule has 0 amide bonds. The van der Waals surface area contributed by atoms with E-state index >= 15 is 0 Å². The van der Waals surface area contributed by atoms with Crippen LogP contribution in [0.15, 0.2) is 0 Å². The highest BCUT2D eigenvalue weighted by molar-refractivity contribution is 4.81. The van der Waals surface area contributed by atoms with Gasteiger partial charge in [0, 0.05) is 18.6 Å². The van der Waals surface area contributed by atoms with Crippen LogP contribution in [0.2, 0.25) is 0 Å². The number of hydrogen-bond acceptors (Lipinski definition) is 3. The molecule has 0 saturated carbocycles. The molecule has 0 spiro atoms. The lowest BCUT2D eigenvalue weighted by Crippen LogP contribution is -2.35. The van der Waals surface area contributed by atoms with Crippen LogP contribution in [0.3, 0.4) is 0 Å². The summed E-state index contributed by atoms with van der Waals surface area (Å²) in [4.78, 5) is 2.61. The van der Waals surface area contributed by atoms with E-state index in [-0.39, 0.29) is 0 Å². The van der Waals surface area contributed by atoms with E-state index in [0.29, 0.717) is 0 Å². The van der Waals surface area contributed by atoms with Crippen LogP contribution in [0.5, 0.6) is 0 Å². The van der Waals surface area contributed by atoms with Crippen molar-refractivity contribution in [3.05, 3.63) is 0 Å². The first-order valence-electron chi connectivity index (χ1n) is 7.44. The van der Waals surface area contributed by atoms with Gasteiger partial charge in [-0.05, 0) is 71.6 Å². The zero-order chi connectivity index (χ0) is 12.1. The predicted molar refractivity (Wildman–Crippen MR) is 73.3 cm³/mol. The van der Waals surface area contributed by atoms with Gasteiger partial charge in [-0.1, -0.05) is 0 Å². The minimum absolute atomic E-state index is 0.724. The SMILES string of the molecule is CC(C)N1CCC(CNC2CCCNCC2)C1. The third kappa shape index (κ3) is 4.23. The Labute approximate surface area is 106 Å². The van der Waals surface area contributed by atoms with Gasteiger partial charge in [0.15, 0.2) is 0 Å². The smallest absolute Gasteiger partial charge is 0.00797 e. The van der Waals surface area contributed by atoms with Gasteiger partial charge in [-0.3, -0.25) is 0 Å². The Hall–Kier alpha value is -0.120. The van der Waals surface area contributed by atoms with Crippen molar-refractivity contribution in [2.75, 3.05) is 32.7 Å². The molecule has 0 bridgehead atoms. The molecular weight excluding hydrogens is 210 g/mol. The van der Waals surface area contributed by atoms with Crippen molar-refractivity contribution in [1.29, 1.82) is 0 Å². The Kier molecular flexibility index (Phi) is 5.26. The summed E-state index contributed by atoms with van der Waals surface area (Å²) in [7, 11) is 0. The van der Waals surface area contributed by atoms with E-state index in [0.717, 1.165) is 18.0 Å². The first-order chi connectivity index (χ1) is 8.25. The summed E-state index contributed by atoms with van der Waals surface area (Å²) in [5.41, 5.74) is 0. The van der Waals surface area contributed by atoms with E-state index in [1.807, 2.05) is 0 Å².